The standard InChI is InChI=1S/C81H57N3/c1-82-77-38-22-19-35-68(77)69-48-47-65(50-78(69)82)84(64-31-15-6-16-32-64)79-49-61-54-81(74-36-20-17-33-66(74)70(61)51-71(79)59-43-39-57(40-44-59)55-23-7-2-8-24-55)75-37-21-18-34-67(75)73-52-72(60-45-41-58(42-46-60)56-25-9-3-10-26-56)80(53-76(73)81)83(62-27-11-4-12-28-62)63-29-13-5-14-30-63/h2-53H,54H2,1H3. The van der Waals surface area contributed by atoms with Crippen LogP contribution in [0, 0.1) is 0 Å². The summed E-state index contributed by atoms with van der Waals surface area (Å²) in [6, 6.07) is 117. The van der Waals surface area contributed by atoms with Gasteiger partial charge in [0.05, 0.1) is 22.3 Å². The summed E-state index contributed by atoms with van der Waals surface area (Å²) in [5, 5.41) is 2.50. The molecule has 84 heavy (non-hydrogen) atoms. The molecule has 13 aromatic carbocycles. The normalized spacial score (nSPS) is 13.8. The van der Waals surface area contributed by atoms with E-state index in [4.69, 9.17) is 0 Å². The quantitative estimate of drug-likeness (QED) is 0.135. The summed E-state index contributed by atoms with van der Waals surface area (Å²) >= 11 is 0. The Morgan fingerprint density at radius 1 is 0.274 bits per heavy atom. The van der Waals surface area contributed by atoms with Crippen molar-refractivity contribution in [2.75, 3.05) is 9.80 Å². The van der Waals surface area contributed by atoms with E-state index < -0.39 is 5.41 Å². The van der Waals surface area contributed by atoms with E-state index in [1.807, 2.05) is 0 Å². The lowest BCUT2D eigenvalue weighted by atomic mass is 9.62. The molecule has 16 rings (SSSR count). The molecule has 14 aromatic rings. The molecule has 0 saturated carbocycles. The molecule has 0 amide bonds. The van der Waals surface area contributed by atoms with Gasteiger partial charge in [-0.2, -0.15) is 0 Å². The van der Waals surface area contributed by atoms with E-state index in [-0.39, 0.29) is 0 Å². The fourth-order valence-corrected chi connectivity index (χ4v) is 14.0. The van der Waals surface area contributed by atoms with E-state index in [0.717, 1.165) is 51.7 Å². The third kappa shape index (κ3) is 7.96. The van der Waals surface area contributed by atoms with E-state index in [1.54, 1.807) is 0 Å². The van der Waals surface area contributed by atoms with Crippen LogP contribution >= 0.6 is 0 Å². The number of aryl methyl sites for hydroxylation is 1. The molecule has 1 atom stereocenters. The Bertz CT molecular complexity index is 4740. The molecule has 1 spiro atoms. The summed E-state index contributed by atoms with van der Waals surface area (Å²) in [4.78, 5) is 4.98. The van der Waals surface area contributed by atoms with E-state index >= 15 is 0 Å². The molecule has 0 radical (unpaired) electrons. The van der Waals surface area contributed by atoms with Crippen molar-refractivity contribution in [1.29, 1.82) is 0 Å². The average molecular weight is 1070 g/mol. The number of hydrogen-bond acceptors (Lipinski definition) is 2. The lowest BCUT2D eigenvalue weighted by Gasteiger charge is -2.41. The highest BCUT2D eigenvalue weighted by Gasteiger charge is 2.49. The maximum absolute atomic E-state index is 2.57. The van der Waals surface area contributed by atoms with E-state index in [1.165, 1.54) is 99.7 Å². The fourth-order valence-electron chi connectivity index (χ4n) is 14.0. The number of hydrogen-bond donors (Lipinski definition) is 0. The molecule has 3 heteroatoms. The molecule has 1 heterocycles. The van der Waals surface area contributed by atoms with Crippen LogP contribution < -0.4 is 9.80 Å². The van der Waals surface area contributed by atoms with Crippen LogP contribution in [-0.4, -0.2) is 4.57 Å². The Kier molecular flexibility index (Phi) is 11.7. The van der Waals surface area contributed by atoms with Gasteiger partial charge in [0.25, 0.3) is 0 Å². The zero-order chi connectivity index (χ0) is 55.7. The summed E-state index contributed by atoms with van der Waals surface area (Å²) in [6.07, 6.45) is 0.746. The smallest absolute Gasteiger partial charge is 0.0543 e. The highest BCUT2D eigenvalue weighted by Crippen LogP contribution is 2.62. The Balaban J connectivity index is 0.954. The third-order valence-electron chi connectivity index (χ3n) is 17.9. The van der Waals surface area contributed by atoms with Crippen molar-refractivity contribution in [2.24, 2.45) is 7.05 Å². The summed E-state index contributed by atoms with van der Waals surface area (Å²) in [5.41, 5.74) is 28.2. The van der Waals surface area contributed by atoms with Crippen molar-refractivity contribution in [3.8, 4) is 66.8 Å². The van der Waals surface area contributed by atoms with Crippen molar-refractivity contribution < 1.29 is 0 Å². The number of nitrogens with zero attached hydrogens (tertiary/aromatic N) is 3. The summed E-state index contributed by atoms with van der Waals surface area (Å²) < 4.78 is 2.35. The van der Waals surface area contributed by atoms with Crippen molar-refractivity contribution in [3.05, 3.63) is 338 Å². The van der Waals surface area contributed by atoms with Gasteiger partial charge in [0.1, 0.15) is 0 Å². The summed E-state index contributed by atoms with van der Waals surface area (Å²) in [5.74, 6) is 0. The lowest BCUT2D eigenvalue weighted by Crippen LogP contribution is -2.33. The van der Waals surface area contributed by atoms with Crippen LogP contribution in [0.15, 0.2) is 315 Å². The Morgan fingerprint density at radius 3 is 1.23 bits per heavy atom. The van der Waals surface area contributed by atoms with Gasteiger partial charge < -0.3 is 14.4 Å². The lowest BCUT2D eigenvalue weighted by molar-refractivity contribution is 0.622. The van der Waals surface area contributed by atoms with Crippen molar-refractivity contribution in [1.82, 2.24) is 4.57 Å². The van der Waals surface area contributed by atoms with Crippen LogP contribution in [0.25, 0.3) is 88.6 Å². The highest BCUT2D eigenvalue weighted by molar-refractivity contribution is 6.09. The zero-order valence-corrected chi connectivity index (χ0v) is 46.6. The molecular weight excluding hydrogens is 1010 g/mol. The molecule has 2 aliphatic rings. The maximum Gasteiger partial charge on any atom is 0.0543 e. The topological polar surface area (TPSA) is 11.4 Å². The van der Waals surface area contributed by atoms with Crippen LogP contribution in [0.4, 0.5) is 34.1 Å². The summed E-state index contributed by atoms with van der Waals surface area (Å²) in [7, 11) is 2.20. The van der Waals surface area contributed by atoms with Gasteiger partial charge in [0, 0.05) is 57.2 Å². The second-order valence-electron chi connectivity index (χ2n) is 22.5. The minimum atomic E-state index is -0.561. The molecule has 0 N–H and O–H groups in total. The second kappa shape index (κ2) is 20.1. The fraction of sp³-hybridized carbons (Fsp3) is 0.0370. The number of para-hydroxylation sites is 4. The third-order valence-corrected chi connectivity index (χ3v) is 17.9. The van der Waals surface area contributed by atoms with Gasteiger partial charge in [0.2, 0.25) is 0 Å². The van der Waals surface area contributed by atoms with Gasteiger partial charge >= 0.3 is 0 Å². The predicted octanol–water partition coefficient (Wildman–Crippen LogP) is 21.5. The largest absolute Gasteiger partial charge is 0.344 e. The molecule has 3 nitrogen and oxygen atoms in total. The monoisotopic (exact) mass is 1070 g/mol. The first-order valence-corrected chi connectivity index (χ1v) is 29.2. The minimum Gasteiger partial charge on any atom is -0.344 e. The number of aromatic nitrogens is 1. The minimum absolute atomic E-state index is 0.561. The second-order valence-corrected chi connectivity index (χ2v) is 22.5. The van der Waals surface area contributed by atoms with Gasteiger partial charge in [0.15, 0.2) is 0 Å². The van der Waals surface area contributed by atoms with Gasteiger partial charge in [-0.3, -0.25) is 0 Å². The van der Waals surface area contributed by atoms with Crippen molar-refractivity contribution in [2.45, 2.75) is 11.8 Å². The van der Waals surface area contributed by atoms with Crippen LogP contribution in [-0.2, 0) is 18.9 Å². The van der Waals surface area contributed by atoms with Gasteiger partial charge in [-0.05, 0) is 163 Å². The number of benzene rings is 13. The van der Waals surface area contributed by atoms with E-state index in [9.17, 15) is 0 Å². The van der Waals surface area contributed by atoms with Gasteiger partial charge in [-0.1, -0.05) is 237 Å². The molecule has 0 fully saturated rings. The van der Waals surface area contributed by atoms with Crippen LogP contribution in [0.2, 0.25) is 0 Å². The van der Waals surface area contributed by atoms with Gasteiger partial charge in [-0.15, -0.1) is 0 Å². The molecule has 0 aliphatic heterocycles. The Labute approximate surface area is 490 Å². The predicted molar refractivity (Wildman–Crippen MR) is 352 cm³/mol. The SMILES string of the molecule is Cn1c2ccccc2c2ccc(N(c3ccccc3)c3cc4c(cc3-c3ccc(-c5ccccc5)cc3)-c3ccccc3C3(C4)c4ccccc4-c4cc(-c5ccc(-c6ccccc6)cc5)c(N(c5ccccc5)c5ccccc5)cc43)cc21. The van der Waals surface area contributed by atoms with Crippen LogP contribution in [0.5, 0.6) is 0 Å². The van der Waals surface area contributed by atoms with Crippen molar-refractivity contribution >= 4 is 55.9 Å². The number of fused-ring (bicyclic) bond motifs is 12. The number of anilines is 6. The maximum atomic E-state index is 2.57. The highest BCUT2D eigenvalue weighted by atomic mass is 15.2. The molecule has 0 saturated heterocycles. The average Bonchev–Trinajstić information content (AvgIpc) is 2.96. The zero-order valence-electron chi connectivity index (χ0n) is 46.6. The van der Waals surface area contributed by atoms with Crippen LogP contribution in [0.1, 0.15) is 22.3 Å². The molecule has 396 valence electrons. The summed E-state index contributed by atoms with van der Waals surface area (Å²) in [6.45, 7) is 0. The van der Waals surface area contributed by atoms with Crippen molar-refractivity contribution in [3.63, 3.8) is 0 Å². The molecule has 2 aliphatic carbocycles. The van der Waals surface area contributed by atoms with E-state index in [2.05, 4.69) is 337 Å². The Morgan fingerprint density at radius 2 is 0.679 bits per heavy atom. The van der Waals surface area contributed by atoms with Crippen LogP contribution in [0.3, 0.4) is 0 Å². The van der Waals surface area contributed by atoms with E-state index in [0.29, 0.717) is 0 Å². The first kappa shape index (κ1) is 49.1. The number of rotatable bonds is 10. The first-order chi connectivity index (χ1) is 41.6. The molecule has 1 unspecified atom stereocenters. The first-order valence-electron chi connectivity index (χ1n) is 29.2. The Hall–Kier alpha value is -10.7. The van der Waals surface area contributed by atoms with Gasteiger partial charge in [-0.25, -0.2) is 0 Å². The molecule has 1 aromatic heterocycles. The molecular formula is C81H57N3. The molecule has 0 bridgehead atoms.